The Hall–Kier alpha value is -1.17. The number of Topliss-reactive ketones (excluding diaryl/α,β-unsaturated/α-hetero) is 1. The first-order valence-electron chi connectivity index (χ1n) is 8.82. The Balaban J connectivity index is 2.14. The zero-order valence-electron chi connectivity index (χ0n) is 14.8. The third-order valence-electron chi connectivity index (χ3n) is 4.39. The van der Waals surface area contributed by atoms with Crippen molar-refractivity contribution in [3.8, 4) is 0 Å². The number of amides is 1. The van der Waals surface area contributed by atoms with Crippen LogP contribution in [0.25, 0.3) is 0 Å². The molecule has 1 amide bonds. The summed E-state index contributed by atoms with van der Waals surface area (Å²) in [5, 5.41) is 2.57. The van der Waals surface area contributed by atoms with Crippen LogP contribution < -0.4 is 5.32 Å². The molecule has 5 nitrogen and oxygen atoms in total. The molecule has 0 radical (unpaired) electrons. The number of nitrogens with one attached hydrogen (secondary N) is 1. The molecule has 0 aromatic carbocycles. The summed E-state index contributed by atoms with van der Waals surface area (Å²) in [5.74, 6) is -0.802. The first-order chi connectivity index (χ1) is 10.8. The molecule has 0 spiro atoms. The smallest absolute Gasteiger partial charge is 0.328 e. The number of ketones is 1. The molecule has 1 heterocycles. The van der Waals surface area contributed by atoms with Crippen molar-refractivity contribution in [2.75, 3.05) is 6.61 Å². The molecule has 1 N–H and O–H groups in total. The molecule has 0 bridgehead atoms. The van der Waals surface area contributed by atoms with E-state index in [2.05, 4.69) is 25.3 Å². The number of hydrogen-bond donors (Lipinski definition) is 1. The van der Waals surface area contributed by atoms with Crippen LogP contribution in [-0.2, 0) is 19.1 Å². The average Bonchev–Trinajstić information content (AvgIpc) is 2.87. The number of ether oxygens (including phenoxy) is 1. The molecule has 1 fully saturated rings. The van der Waals surface area contributed by atoms with Gasteiger partial charge in [-0.3, -0.25) is 9.59 Å². The van der Waals surface area contributed by atoms with Crippen molar-refractivity contribution in [1.29, 1.82) is 0 Å². The van der Waals surface area contributed by atoms with Gasteiger partial charge in [0.25, 0.3) is 0 Å². The Bertz CT molecular complexity index is 423. The minimum Gasteiger partial charge on any atom is -0.464 e. The molecule has 132 valence electrons. The number of esters is 1. The predicted molar refractivity (Wildman–Crippen MR) is 93.0 cm³/mol. The Morgan fingerprint density at radius 1 is 1.22 bits per heavy atom. The molecule has 1 aliphatic heterocycles. The Labute approximate surface area is 140 Å². The van der Waals surface area contributed by atoms with Crippen LogP contribution in [0.1, 0.15) is 51.9 Å². The van der Waals surface area contributed by atoms with Gasteiger partial charge in [-0.25, -0.2) is 4.79 Å². The van der Waals surface area contributed by atoms with E-state index >= 15 is 0 Å². The molecular formula is C17H31NO4Si. The molecule has 1 atom stereocenters. The van der Waals surface area contributed by atoms with E-state index in [4.69, 9.17) is 4.74 Å². The summed E-state index contributed by atoms with van der Waals surface area (Å²) >= 11 is 0. The normalized spacial score (nSPS) is 17.9. The molecule has 0 aromatic rings. The summed E-state index contributed by atoms with van der Waals surface area (Å²) in [6.45, 7) is 7.39. The fourth-order valence-electron chi connectivity index (χ4n) is 2.85. The number of cyclic esters (lactones) is 1. The van der Waals surface area contributed by atoms with Crippen LogP contribution in [0.4, 0.5) is 0 Å². The largest absolute Gasteiger partial charge is 0.464 e. The maximum absolute atomic E-state index is 11.8. The number of hydrogen-bond acceptors (Lipinski definition) is 4. The fourth-order valence-corrected chi connectivity index (χ4v) is 5.61. The zero-order valence-corrected chi connectivity index (χ0v) is 15.8. The summed E-state index contributed by atoms with van der Waals surface area (Å²) in [4.78, 5) is 34.8. The number of carbonyl (C=O) groups is 3. The molecule has 23 heavy (non-hydrogen) atoms. The molecule has 1 saturated heterocycles. The van der Waals surface area contributed by atoms with Crippen molar-refractivity contribution in [2.24, 2.45) is 0 Å². The number of rotatable bonds is 11. The Morgan fingerprint density at radius 3 is 2.52 bits per heavy atom. The Morgan fingerprint density at radius 2 is 1.91 bits per heavy atom. The van der Waals surface area contributed by atoms with E-state index in [1.165, 1.54) is 24.9 Å². The summed E-state index contributed by atoms with van der Waals surface area (Å²) in [5.41, 5.74) is 0. The van der Waals surface area contributed by atoms with E-state index in [0.717, 1.165) is 12.8 Å². The lowest BCUT2D eigenvalue weighted by Crippen LogP contribution is -2.38. The fraction of sp³-hybridized carbons (Fsp3) is 0.824. The van der Waals surface area contributed by atoms with Crippen LogP contribution in [0.15, 0.2) is 0 Å². The molecular weight excluding hydrogens is 310 g/mol. The van der Waals surface area contributed by atoms with Gasteiger partial charge >= 0.3 is 5.97 Å². The van der Waals surface area contributed by atoms with E-state index in [1.807, 2.05) is 0 Å². The van der Waals surface area contributed by atoms with Gasteiger partial charge in [-0.15, -0.1) is 0 Å². The van der Waals surface area contributed by atoms with Crippen molar-refractivity contribution in [2.45, 2.75) is 83.1 Å². The van der Waals surface area contributed by atoms with Crippen LogP contribution >= 0.6 is 0 Å². The van der Waals surface area contributed by atoms with Gasteiger partial charge in [0.05, 0.1) is 13.0 Å². The minimum atomic E-state index is -1.10. The first kappa shape index (κ1) is 19.9. The second kappa shape index (κ2) is 9.85. The van der Waals surface area contributed by atoms with E-state index in [0.29, 0.717) is 19.4 Å². The van der Waals surface area contributed by atoms with Crippen LogP contribution in [0, 0.1) is 0 Å². The highest BCUT2D eigenvalue weighted by atomic mass is 28.3. The lowest BCUT2D eigenvalue weighted by Gasteiger charge is -2.21. The zero-order chi connectivity index (χ0) is 17.3. The summed E-state index contributed by atoms with van der Waals surface area (Å²) in [7, 11) is -1.10. The summed E-state index contributed by atoms with van der Waals surface area (Å²) < 4.78 is 4.78. The third-order valence-corrected chi connectivity index (χ3v) is 7.81. The number of unbranched alkanes of at least 4 members (excludes halogenated alkanes) is 2. The number of carbonyl (C=O) groups excluding carboxylic acids is 3. The molecule has 1 unspecified atom stereocenters. The van der Waals surface area contributed by atoms with Gasteiger partial charge in [0.15, 0.2) is 0 Å². The SMILES string of the molecule is CCCC[Si](C)(C)CCCCC(=O)CC(=O)NC1CCOC1=O. The first-order valence-corrected chi connectivity index (χ1v) is 12.2. The maximum Gasteiger partial charge on any atom is 0.328 e. The Kier molecular flexibility index (Phi) is 8.51. The van der Waals surface area contributed by atoms with Gasteiger partial charge in [-0.2, -0.15) is 0 Å². The second-order valence-corrected chi connectivity index (χ2v) is 12.6. The monoisotopic (exact) mass is 341 g/mol. The van der Waals surface area contributed by atoms with Gasteiger partial charge in [-0.1, -0.05) is 51.4 Å². The molecule has 0 aliphatic carbocycles. The van der Waals surface area contributed by atoms with Crippen LogP contribution in [-0.4, -0.2) is 38.4 Å². The lowest BCUT2D eigenvalue weighted by atomic mass is 10.1. The second-order valence-electron chi connectivity index (χ2n) is 7.27. The van der Waals surface area contributed by atoms with Crippen molar-refractivity contribution in [1.82, 2.24) is 5.32 Å². The van der Waals surface area contributed by atoms with Gasteiger partial charge in [0, 0.05) is 20.9 Å². The van der Waals surface area contributed by atoms with Crippen LogP contribution in [0.5, 0.6) is 0 Å². The lowest BCUT2D eigenvalue weighted by molar-refractivity contribution is -0.142. The van der Waals surface area contributed by atoms with Crippen LogP contribution in [0.2, 0.25) is 25.2 Å². The quantitative estimate of drug-likeness (QED) is 0.271. The van der Waals surface area contributed by atoms with E-state index in [-0.39, 0.29) is 18.1 Å². The third kappa shape index (κ3) is 8.30. The maximum atomic E-state index is 11.8. The highest BCUT2D eigenvalue weighted by Gasteiger charge is 2.28. The van der Waals surface area contributed by atoms with Crippen molar-refractivity contribution >= 4 is 25.7 Å². The predicted octanol–water partition coefficient (Wildman–Crippen LogP) is 3.06. The average molecular weight is 342 g/mol. The van der Waals surface area contributed by atoms with Crippen molar-refractivity contribution in [3.63, 3.8) is 0 Å². The minimum absolute atomic E-state index is 0.0399. The molecule has 0 aromatic heterocycles. The highest BCUT2D eigenvalue weighted by molar-refractivity contribution is 6.77. The van der Waals surface area contributed by atoms with Crippen molar-refractivity contribution < 1.29 is 19.1 Å². The topological polar surface area (TPSA) is 72.5 Å². The van der Waals surface area contributed by atoms with Gasteiger partial charge in [0.1, 0.15) is 11.8 Å². The highest BCUT2D eigenvalue weighted by Crippen LogP contribution is 2.21. The summed E-state index contributed by atoms with van der Waals surface area (Å²) in [6, 6.07) is 2.04. The molecule has 0 saturated carbocycles. The van der Waals surface area contributed by atoms with E-state index in [9.17, 15) is 14.4 Å². The van der Waals surface area contributed by atoms with Crippen LogP contribution in [0.3, 0.4) is 0 Å². The van der Waals surface area contributed by atoms with Gasteiger partial charge < -0.3 is 10.1 Å². The van der Waals surface area contributed by atoms with Gasteiger partial charge in [-0.05, 0) is 6.42 Å². The molecule has 1 rings (SSSR count). The van der Waals surface area contributed by atoms with E-state index in [1.54, 1.807) is 0 Å². The molecule has 1 aliphatic rings. The van der Waals surface area contributed by atoms with Gasteiger partial charge in [0.2, 0.25) is 5.91 Å². The summed E-state index contributed by atoms with van der Waals surface area (Å²) in [6.07, 6.45) is 5.32. The standard InChI is InChI=1S/C17H31NO4Si/c1-4-5-11-23(2,3)12-7-6-8-14(19)13-16(20)18-15-9-10-22-17(15)21/h15H,4-13H2,1-3H3,(H,18,20). The molecule has 6 heteroatoms. The van der Waals surface area contributed by atoms with E-state index < -0.39 is 20.1 Å². The van der Waals surface area contributed by atoms with Crippen molar-refractivity contribution in [3.05, 3.63) is 0 Å².